The molecular formula is C15H16N4O. The highest BCUT2D eigenvalue weighted by atomic mass is 16.2. The maximum absolute atomic E-state index is 12.2. The minimum absolute atomic E-state index is 0.0766. The normalized spacial score (nSPS) is 16.4. The van der Waals surface area contributed by atoms with Crippen LogP contribution < -0.4 is 4.90 Å². The molecule has 0 spiro atoms. The standard InChI is InChI=1S/C15H16N4O/c20-15-12-18(11-13-4-2-1-3-5-13)8-9-19(15)14-10-16-6-7-17-14/h1-7,10H,8-9,11-12H2. The molecule has 3 rings (SSSR count). The molecule has 20 heavy (non-hydrogen) atoms. The molecule has 1 aromatic heterocycles. The third-order valence-electron chi connectivity index (χ3n) is 3.37. The molecule has 0 aliphatic carbocycles. The van der Waals surface area contributed by atoms with Crippen LogP contribution in [0.3, 0.4) is 0 Å². The number of carbonyl (C=O) groups excluding carboxylic acids is 1. The summed E-state index contributed by atoms with van der Waals surface area (Å²) in [5.41, 5.74) is 1.23. The lowest BCUT2D eigenvalue weighted by Gasteiger charge is -2.33. The Morgan fingerprint density at radius 1 is 1.10 bits per heavy atom. The lowest BCUT2D eigenvalue weighted by atomic mass is 10.2. The number of carbonyl (C=O) groups is 1. The van der Waals surface area contributed by atoms with Crippen molar-refractivity contribution in [3.8, 4) is 0 Å². The number of hydrogen-bond donors (Lipinski definition) is 0. The van der Waals surface area contributed by atoms with Crippen LogP contribution in [0.2, 0.25) is 0 Å². The molecule has 0 unspecified atom stereocenters. The molecule has 0 radical (unpaired) electrons. The van der Waals surface area contributed by atoms with Crippen molar-refractivity contribution in [2.75, 3.05) is 24.5 Å². The average Bonchev–Trinajstić information content (AvgIpc) is 2.49. The minimum Gasteiger partial charge on any atom is -0.293 e. The molecule has 1 aliphatic heterocycles. The third kappa shape index (κ3) is 2.83. The fourth-order valence-corrected chi connectivity index (χ4v) is 2.37. The second-order valence-electron chi connectivity index (χ2n) is 4.81. The highest BCUT2D eigenvalue weighted by molar-refractivity contribution is 5.94. The van der Waals surface area contributed by atoms with Crippen LogP contribution in [-0.4, -0.2) is 40.4 Å². The number of amides is 1. The maximum atomic E-state index is 12.2. The summed E-state index contributed by atoms with van der Waals surface area (Å²) in [5, 5.41) is 0. The summed E-state index contributed by atoms with van der Waals surface area (Å²) >= 11 is 0. The largest absolute Gasteiger partial charge is 0.293 e. The number of aromatic nitrogens is 2. The van der Waals surface area contributed by atoms with Gasteiger partial charge in [-0.3, -0.25) is 19.6 Å². The fraction of sp³-hybridized carbons (Fsp3) is 0.267. The van der Waals surface area contributed by atoms with Crippen LogP contribution in [-0.2, 0) is 11.3 Å². The summed E-state index contributed by atoms with van der Waals surface area (Å²) in [7, 11) is 0. The molecule has 0 N–H and O–H groups in total. The van der Waals surface area contributed by atoms with E-state index >= 15 is 0 Å². The first-order valence-electron chi connectivity index (χ1n) is 6.65. The highest BCUT2D eigenvalue weighted by Gasteiger charge is 2.25. The van der Waals surface area contributed by atoms with Gasteiger partial charge in [-0.2, -0.15) is 0 Å². The van der Waals surface area contributed by atoms with Crippen molar-refractivity contribution in [3.05, 3.63) is 54.5 Å². The van der Waals surface area contributed by atoms with E-state index in [1.54, 1.807) is 23.5 Å². The Bertz CT molecular complexity index is 573. The van der Waals surface area contributed by atoms with Gasteiger partial charge in [0.2, 0.25) is 5.91 Å². The molecular weight excluding hydrogens is 252 g/mol. The first-order valence-corrected chi connectivity index (χ1v) is 6.65. The highest BCUT2D eigenvalue weighted by Crippen LogP contribution is 2.14. The van der Waals surface area contributed by atoms with E-state index in [9.17, 15) is 4.79 Å². The molecule has 0 bridgehead atoms. The van der Waals surface area contributed by atoms with Crippen molar-refractivity contribution in [2.45, 2.75) is 6.54 Å². The molecule has 1 aliphatic rings. The first-order chi connectivity index (χ1) is 9.83. The van der Waals surface area contributed by atoms with Gasteiger partial charge in [-0.05, 0) is 5.56 Å². The second kappa shape index (κ2) is 5.79. The Balaban J connectivity index is 1.64. The zero-order valence-corrected chi connectivity index (χ0v) is 11.1. The first kappa shape index (κ1) is 12.7. The van der Waals surface area contributed by atoms with Crippen molar-refractivity contribution in [1.82, 2.24) is 14.9 Å². The Kier molecular flexibility index (Phi) is 3.69. The summed E-state index contributed by atoms with van der Waals surface area (Å²) < 4.78 is 0. The number of rotatable bonds is 3. The quantitative estimate of drug-likeness (QED) is 0.842. The Morgan fingerprint density at radius 2 is 1.95 bits per heavy atom. The van der Waals surface area contributed by atoms with Crippen molar-refractivity contribution in [3.63, 3.8) is 0 Å². The molecule has 0 atom stereocenters. The molecule has 1 aromatic carbocycles. The second-order valence-corrected chi connectivity index (χ2v) is 4.81. The van der Waals surface area contributed by atoms with Gasteiger partial charge in [-0.25, -0.2) is 4.98 Å². The molecule has 102 valence electrons. The summed E-state index contributed by atoms with van der Waals surface area (Å²) in [5.74, 6) is 0.713. The van der Waals surface area contributed by atoms with Gasteiger partial charge in [-0.1, -0.05) is 30.3 Å². The van der Waals surface area contributed by atoms with Crippen molar-refractivity contribution < 1.29 is 4.79 Å². The molecule has 2 aromatic rings. The Hall–Kier alpha value is -2.27. The van der Waals surface area contributed by atoms with Gasteiger partial charge in [0, 0.05) is 32.0 Å². The lowest BCUT2D eigenvalue weighted by Crippen LogP contribution is -2.50. The van der Waals surface area contributed by atoms with E-state index in [0.717, 1.165) is 13.1 Å². The molecule has 5 heteroatoms. The number of piperazine rings is 1. The van der Waals surface area contributed by atoms with Gasteiger partial charge in [0.05, 0.1) is 12.7 Å². The lowest BCUT2D eigenvalue weighted by molar-refractivity contribution is -0.121. The van der Waals surface area contributed by atoms with Crippen LogP contribution in [0.15, 0.2) is 48.9 Å². The van der Waals surface area contributed by atoms with E-state index in [4.69, 9.17) is 0 Å². The SMILES string of the molecule is O=C1CN(Cc2ccccc2)CCN1c1cnccn1. The van der Waals surface area contributed by atoms with Gasteiger partial charge < -0.3 is 0 Å². The summed E-state index contributed by atoms with van der Waals surface area (Å²) in [6.45, 7) is 2.73. The molecule has 5 nitrogen and oxygen atoms in total. The van der Waals surface area contributed by atoms with Crippen LogP contribution in [0, 0.1) is 0 Å². The van der Waals surface area contributed by atoms with Crippen molar-refractivity contribution in [2.24, 2.45) is 0 Å². The molecule has 1 amide bonds. The van der Waals surface area contributed by atoms with Gasteiger partial charge >= 0.3 is 0 Å². The van der Waals surface area contributed by atoms with E-state index in [2.05, 4.69) is 27.0 Å². The minimum atomic E-state index is 0.0766. The summed E-state index contributed by atoms with van der Waals surface area (Å²) in [6, 6.07) is 10.2. The van der Waals surface area contributed by atoms with Crippen LogP contribution >= 0.6 is 0 Å². The van der Waals surface area contributed by atoms with E-state index in [1.807, 2.05) is 18.2 Å². The van der Waals surface area contributed by atoms with Gasteiger partial charge in [0.25, 0.3) is 0 Å². The van der Waals surface area contributed by atoms with Crippen LogP contribution in [0.25, 0.3) is 0 Å². The maximum Gasteiger partial charge on any atom is 0.242 e. The smallest absolute Gasteiger partial charge is 0.242 e. The molecule has 2 heterocycles. The number of hydrogen-bond acceptors (Lipinski definition) is 4. The van der Waals surface area contributed by atoms with E-state index in [0.29, 0.717) is 18.9 Å². The zero-order valence-electron chi connectivity index (χ0n) is 11.1. The average molecular weight is 268 g/mol. The topological polar surface area (TPSA) is 49.3 Å². The number of benzene rings is 1. The van der Waals surface area contributed by atoms with E-state index in [1.165, 1.54) is 5.56 Å². The third-order valence-corrected chi connectivity index (χ3v) is 3.37. The molecule has 0 saturated carbocycles. The van der Waals surface area contributed by atoms with E-state index < -0.39 is 0 Å². The Morgan fingerprint density at radius 3 is 2.65 bits per heavy atom. The number of nitrogens with zero attached hydrogens (tertiary/aromatic N) is 4. The summed E-state index contributed by atoms with van der Waals surface area (Å²) in [4.78, 5) is 24.3. The molecule has 1 fully saturated rings. The van der Waals surface area contributed by atoms with Crippen LogP contribution in [0.5, 0.6) is 0 Å². The molecule has 1 saturated heterocycles. The monoisotopic (exact) mass is 268 g/mol. The van der Waals surface area contributed by atoms with Crippen molar-refractivity contribution >= 4 is 11.7 Å². The Labute approximate surface area is 117 Å². The summed E-state index contributed by atoms with van der Waals surface area (Å²) in [6.07, 6.45) is 4.85. The predicted octanol–water partition coefficient (Wildman–Crippen LogP) is 1.33. The van der Waals surface area contributed by atoms with Crippen molar-refractivity contribution in [1.29, 1.82) is 0 Å². The van der Waals surface area contributed by atoms with Gasteiger partial charge in [-0.15, -0.1) is 0 Å². The predicted molar refractivity (Wildman–Crippen MR) is 76.1 cm³/mol. The fourth-order valence-electron chi connectivity index (χ4n) is 2.37. The van der Waals surface area contributed by atoms with Crippen LogP contribution in [0.1, 0.15) is 5.56 Å². The van der Waals surface area contributed by atoms with Gasteiger partial charge in [0.15, 0.2) is 5.82 Å². The van der Waals surface area contributed by atoms with Crippen LogP contribution in [0.4, 0.5) is 5.82 Å². The van der Waals surface area contributed by atoms with Gasteiger partial charge in [0.1, 0.15) is 0 Å². The zero-order chi connectivity index (χ0) is 13.8. The number of anilines is 1. The van der Waals surface area contributed by atoms with E-state index in [-0.39, 0.29) is 5.91 Å².